The average Bonchev–Trinajstić information content (AvgIpc) is 3.55. The average molecular weight is 627 g/mol. The number of azide groups is 1. The summed E-state index contributed by atoms with van der Waals surface area (Å²) in [7, 11) is 3.63. The van der Waals surface area contributed by atoms with Crippen LogP contribution < -0.4 is 20.3 Å². The van der Waals surface area contributed by atoms with Crippen molar-refractivity contribution < 1.29 is 34.0 Å². The van der Waals surface area contributed by atoms with Gasteiger partial charge in [-0.1, -0.05) is 17.2 Å². The Labute approximate surface area is 259 Å². The quantitative estimate of drug-likeness (QED) is 0.0975. The van der Waals surface area contributed by atoms with Crippen LogP contribution in [0.2, 0.25) is 0 Å². The number of aliphatic hydroxyl groups is 2. The van der Waals surface area contributed by atoms with Gasteiger partial charge in [-0.15, -0.1) is 0 Å². The number of aliphatic hydroxyl groups excluding tert-OH is 2. The summed E-state index contributed by atoms with van der Waals surface area (Å²) in [6.07, 6.45) is -1.24. The number of alkyl carbamates (subject to hydrolysis) is 1. The van der Waals surface area contributed by atoms with Crippen molar-refractivity contribution in [3.8, 4) is 5.75 Å². The maximum atomic E-state index is 13.7. The van der Waals surface area contributed by atoms with Gasteiger partial charge in [0.2, 0.25) is 5.91 Å². The number of carbonyl (C=O) groups is 2. The van der Waals surface area contributed by atoms with E-state index in [1.807, 2.05) is 14.1 Å². The number of carbonyl (C=O) groups excluding carboxylic acids is 2. The van der Waals surface area contributed by atoms with Crippen molar-refractivity contribution in [2.24, 2.45) is 5.11 Å². The van der Waals surface area contributed by atoms with E-state index in [0.717, 1.165) is 0 Å². The number of ether oxygens (including phenoxy) is 3. The molecule has 0 bridgehead atoms. The molecule has 1 fully saturated rings. The lowest BCUT2D eigenvalue weighted by molar-refractivity contribution is -0.125. The minimum Gasteiger partial charge on any atom is -0.493 e. The topological polar surface area (TPSA) is 222 Å². The highest BCUT2D eigenvalue weighted by molar-refractivity contribution is 5.86. The van der Waals surface area contributed by atoms with Crippen molar-refractivity contribution in [1.82, 2.24) is 30.2 Å². The molecule has 242 valence electrons. The molecule has 3 aromatic rings. The third-order valence-corrected chi connectivity index (χ3v) is 6.79. The van der Waals surface area contributed by atoms with E-state index in [-0.39, 0.29) is 19.6 Å². The Morgan fingerprint density at radius 2 is 1.96 bits per heavy atom. The summed E-state index contributed by atoms with van der Waals surface area (Å²) in [6.45, 7) is 4.97. The Bertz CT molecular complexity index is 1520. The molecule has 1 aromatic carbocycles. The Hall–Kier alpha value is -4.70. The van der Waals surface area contributed by atoms with Gasteiger partial charge in [0.1, 0.15) is 35.9 Å². The molecule has 1 aliphatic rings. The number of benzene rings is 1. The number of fused-ring (bicyclic) bond motifs is 1. The number of aromatic nitrogens is 4. The lowest BCUT2D eigenvalue weighted by Gasteiger charge is -2.26. The fourth-order valence-electron chi connectivity index (χ4n) is 4.79. The predicted molar refractivity (Wildman–Crippen MR) is 161 cm³/mol. The van der Waals surface area contributed by atoms with E-state index >= 15 is 0 Å². The summed E-state index contributed by atoms with van der Waals surface area (Å²) < 4.78 is 18.4. The zero-order valence-electron chi connectivity index (χ0n) is 25.7. The van der Waals surface area contributed by atoms with Crippen LogP contribution in [0.1, 0.15) is 32.6 Å². The van der Waals surface area contributed by atoms with E-state index in [2.05, 4.69) is 35.6 Å². The molecule has 3 heterocycles. The van der Waals surface area contributed by atoms with Gasteiger partial charge in [0.25, 0.3) is 0 Å². The van der Waals surface area contributed by atoms with Crippen LogP contribution in [-0.2, 0) is 20.7 Å². The number of nitrogens with zero attached hydrogens (tertiary/aromatic N) is 8. The number of hydrogen-bond donors (Lipinski definition) is 4. The molecular formula is C28H38N10O7. The van der Waals surface area contributed by atoms with E-state index in [0.29, 0.717) is 28.3 Å². The first kappa shape index (κ1) is 33.2. The van der Waals surface area contributed by atoms with Crippen LogP contribution in [0, 0.1) is 0 Å². The van der Waals surface area contributed by atoms with Gasteiger partial charge < -0.3 is 40.0 Å². The summed E-state index contributed by atoms with van der Waals surface area (Å²) in [5.41, 5.74) is 9.16. The number of hydrogen-bond acceptors (Lipinski definition) is 12. The summed E-state index contributed by atoms with van der Waals surface area (Å²) in [5.74, 6) is 0.472. The summed E-state index contributed by atoms with van der Waals surface area (Å²) >= 11 is 0. The number of nitrogens with one attached hydrogen (secondary N) is 2. The Kier molecular flexibility index (Phi) is 10.6. The second-order valence-electron chi connectivity index (χ2n) is 11.5. The highest BCUT2D eigenvalue weighted by atomic mass is 16.6. The Morgan fingerprint density at radius 1 is 1.22 bits per heavy atom. The molecule has 2 aromatic heterocycles. The maximum absolute atomic E-state index is 13.7. The SMILES string of the molecule is CN(C)c1ncnc2c1ncn2[C@@H]1O[C@H](CO)C(NC(=O)C(Cc2ccc(OCCN=[N+]=[N-])cc2)NC(=O)OC(C)(C)C)[C@@H]1O. The highest BCUT2D eigenvalue weighted by Gasteiger charge is 2.46. The van der Waals surface area contributed by atoms with Gasteiger partial charge in [0.15, 0.2) is 23.2 Å². The largest absolute Gasteiger partial charge is 0.493 e. The van der Waals surface area contributed by atoms with E-state index < -0.39 is 54.7 Å². The van der Waals surface area contributed by atoms with Gasteiger partial charge in [-0.05, 0) is 44.0 Å². The number of anilines is 1. The zero-order valence-corrected chi connectivity index (χ0v) is 25.7. The van der Waals surface area contributed by atoms with E-state index in [1.54, 1.807) is 49.9 Å². The van der Waals surface area contributed by atoms with Crippen LogP contribution in [-0.4, -0.2) is 105 Å². The van der Waals surface area contributed by atoms with Gasteiger partial charge in [0, 0.05) is 25.4 Å². The third-order valence-electron chi connectivity index (χ3n) is 6.79. The normalized spacial score (nSPS) is 20.2. The first-order chi connectivity index (χ1) is 21.4. The maximum Gasteiger partial charge on any atom is 0.408 e. The van der Waals surface area contributed by atoms with Crippen LogP contribution in [0.15, 0.2) is 42.0 Å². The van der Waals surface area contributed by atoms with Gasteiger partial charge in [-0.3, -0.25) is 9.36 Å². The zero-order chi connectivity index (χ0) is 32.7. The van der Waals surface area contributed by atoms with Crippen LogP contribution in [0.25, 0.3) is 21.6 Å². The van der Waals surface area contributed by atoms with Crippen molar-refractivity contribution >= 4 is 29.0 Å². The van der Waals surface area contributed by atoms with E-state index in [4.69, 9.17) is 19.7 Å². The molecule has 0 aliphatic carbocycles. The summed E-state index contributed by atoms with van der Waals surface area (Å²) in [6, 6.07) is 4.68. The first-order valence-electron chi connectivity index (χ1n) is 14.2. The summed E-state index contributed by atoms with van der Waals surface area (Å²) in [4.78, 5) is 43.8. The number of imidazole rings is 1. The first-order valence-corrected chi connectivity index (χ1v) is 14.2. The monoisotopic (exact) mass is 626 g/mol. The lowest BCUT2D eigenvalue weighted by atomic mass is 10.0. The third kappa shape index (κ3) is 8.27. The molecule has 4 rings (SSSR count). The molecule has 0 saturated carbocycles. The Morgan fingerprint density at radius 3 is 2.60 bits per heavy atom. The molecule has 45 heavy (non-hydrogen) atoms. The molecule has 17 heteroatoms. The van der Waals surface area contributed by atoms with Gasteiger partial charge in [-0.25, -0.2) is 19.7 Å². The lowest BCUT2D eigenvalue weighted by Crippen LogP contribution is -2.56. The van der Waals surface area contributed by atoms with Crippen LogP contribution in [0.4, 0.5) is 10.6 Å². The molecule has 2 unspecified atom stereocenters. The molecule has 1 aliphatic heterocycles. The van der Waals surface area contributed by atoms with Gasteiger partial charge in [-0.2, -0.15) is 0 Å². The minimum atomic E-state index is -1.31. The van der Waals surface area contributed by atoms with Crippen molar-refractivity contribution in [3.63, 3.8) is 0 Å². The number of amides is 2. The van der Waals surface area contributed by atoms with Gasteiger partial charge >= 0.3 is 6.09 Å². The second-order valence-corrected chi connectivity index (χ2v) is 11.5. The molecular weight excluding hydrogens is 588 g/mol. The fourth-order valence-corrected chi connectivity index (χ4v) is 4.79. The molecule has 17 nitrogen and oxygen atoms in total. The fraction of sp³-hybridized carbons (Fsp3) is 0.536. The van der Waals surface area contributed by atoms with Gasteiger partial charge in [0.05, 0.1) is 32.1 Å². The molecule has 4 N–H and O–H groups in total. The van der Waals surface area contributed by atoms with E-state index in [9.17, 15) is 19.8 Å². The molecule has 2 amide bonds. The van der Waals surface area contributed by atoms with Crippen molar-refractivity contribution in [3.05, 3.63) is 52.9 Å². The van der Waals surface area contributed by atoms with Crippen molar-refractivity contribution in [1.29, 1.82) is 0 Å². The smallest absolute Gasteiger partial charge is 0.408 e. The number of rotatable bonds is 12. The minimum absolute atomic E-state index is 0.0668. The summed E-state index contributed by atoms with van der Waals surface area (Å²) in [5, 5.41) is 30.2. The molecule has 5 atom stereocenters. The highest BCUT2D eigenvalue weighted by Crippen LogP contribution is 2.32. The predicted octanol–water partition coefficient (Wildman–Crippen LogP) is 1.45. The standard InChI is InChI=1S/C28H38N10O7/c1-28(2,3)45-27(42)34-18(12-16-6-8-17(9-7-16)43-11-10-33-36-29)25(41)35-20-19(13-39)44-26(22(20)40)38-15-32-21-23(37(4)5)30-14-31-24(21)38/h6-9,14-15,18-20,22,26,39-40H,10-13H2,1-5H3,(H,34,42)(H,35,41)/t18?,19-,20?,22+,26-/m1/s1. The van der Waals surface area contributed by atoms with Crippen LogP contribution in [0.3, 0.4) is 0 Å². The second kappa shape index (κ2) is 14.4. The molecule has 1 saturated heterocycles. The van der Waals surface area contributed by atoms with E-state index in [1.165, 1.54) is 17.2 Å². The molecule has 0 radical (unpaired) electrons. The Balaban J connectivity index is 1.52. The molecule has 0 spiro atoms. The van der Waals surface area contributed by atoms with Crippen LogP contribution >= 0.6 is 0 Å². The van der Waals surface area contributed by atoms with Crippen molar-refractivity contribution in [2.75, 3.05) is 38.8 Å². The van der Waals surface area contributed by atoms with Crippen molar-refractivity contribution in [2.45, 2.75) is 63.3 Å². The van der Waals surface area contributed by atoms with Crippen LogP contribution in [0.5, 0.6) is 5.75 Å².